The fourth-order valence-corrected chi connectivity index (χ4v) is 5.12. The van der Waals surface area contributed by atoms with Crippen LogP contribution < -0.4 is 0 Å². The topological polar surface area (TPSA) is 49.9 Å². The number of amides is 2. The molecule has 6 heteroatoms. The Kier molecular flexibility index (Phi) is 13.1. The Morgan fingerprint density at radius 1 is 0.789 bits per heavy atom. The van der Waals surface area contributed by atoms with E-state index in [4.69, 9.17) is 4.74 Å². The first-order valence-corrected chi connectivity index (χ1v) is 14.8. The van der Waals surface area contributed by atoms with Gasteiger partial charge in [-0.15, -0.1) is 11.3 Å². The van der Waals surface area contributed by atoms with Crippen molar-refractivity contribution in [3.8, 4) is 0 Å². The fourth-order valence-electron chi connectivity index (χ4n) is 4.40. The van der Waals surface area contributed by atoms with Gasteiger partial charge in [0.25, 0.3) is 5.91 Å². The van der Waals surface area contributed by atoms with Crippen molar-refractivity contribution in [3.63, 3.8) is 0 Å². The van der Waals surface area contributed by atoms with Gasteiger partial charge in [-0.1, -0.05) is 74.7 Å². The summed E-state index contributed by atoms with van der Waals surface area (Å²) in [5, 5.41) is 2.03. The maximum Gasteiger partial charge on any atom is 0.254 e. The van der Waals surface area contributed by atoms with Crippen LogP contribution in [0.25, 0.3) is 0 Å². The summed E-state index contributed by atoms with van der Waals surface area (Å²) in [7, 11) is 0. The molecule has 0 fully saturated rings. The third kappa shape index (κ3) is 10.1. The number of rotatable bonds is 17. The Hall–Kier alpha value is -2.96. The Morgan fingerprint density at radius 2 is 1.58 bits per heavy atom. The number of benzene rings is 2. The highest BCUT2D eigenvalue weighted by atomic mass is 32.1. The lowest BCUT2D eigenvalue weighted by Crippen LogP contribution is -2.43. The molecule has 3 aromatic rings. The second-order valence-corrected chi connectivity index (χ2v) is 10.6. The van der Waals surface area contributed by atoms with E-state index >= 15 is 0 Å². The summed E-state index contributed by atoms with van der Waals surface area (Å²) in [6.45, 7) is 6.93. The Balaban J connectivity index is 1.71. The minimum Gasteiger partial charge on any atom is -0.382 e. The number of aryl methyl sites for hydroxylation is 1. The van der Waals surface area contributed by atoms with Crippen LogP contribution in [0.15, 0.2) is 72.1 Å². The molecule has 0 aliphatic carbocycles. The van der Waals surface area contributed by atoms with Gasteiger partial charge in [-0.05, 0) is 60.9 Å². The highest BCUT2D eigenvalue weighted by Crippen LogP contribution is 2.17. The van der Waals surface area contributed by atoms with Crippen molar-refractivity contribution in [3.05, 3.63) is 93.7 Å². The molecule has 5 nitrogen and oxygen atoms in total. The Labute approximate surface area is 232 Å². The molecular formula is C32H42N2O3S. The standard InChI is InChI=1S/C32H42N2O3S/c1-3-5-6-8-13-27-17-19-29(20-18-27)32(36)33(21-12-22-37-4-2)26-31(35)34(25-30-16-11-23-38-30)24-28-14-9-7-10-15-28/h7,9-11,14-20,23H,3-6,8,12-13,21-22,24-26H2,1-2H3. The maximum atomic E-state index is 13.6. The van der Waals surface area contributed by atoms with Crippen LogP contribution in [0.3, 0.4) is 0 Å². The van der Waals surface area contributed by atoms with Gasteiger partial charge in [-0.2, -0.15) is 0 Å². The van der Waals surface area contributed by atoms with Crippen molar-refractivity contribution < 1.29 is 14.3 Å². The van der Waals surface area contributed by atoms with E-state index in [0.29, 0.717) is 44.8 Å². The highest BCUT2D eigenvalue weighted by molar-refractivity contribution is 7.09. The van der Waals surface area contributed by atoms with E-state index in [0.717, 1.165) is 16.9 Å². The van der Waals surface area contributed by atoms with Crippen molar-refractivity contribution in [2.24, 2.45) is 0 Å². The van der Waals surface area contributed by atoms with E-state index in [-0.39, 0.29) is 18.4 Å². The third-order valence-electron chi connectivity index (χ3n) is 6.55. The zero-order valence-electron chi connectivity index (χ0n) is 22.9. The average molecular weight is 535 g/mol. The molecule has 0 spiro atoms. The second-order valence-electron chi connectivity index (χ2n) is 9.60. The molecule has 204 valence electrons. The number of carbonyl (C=O) groups excluding carboxylic acids is 2. The van der Waals surface area contributed by atoms with E-state index in [2.05, 4.69) is 19.1 Å². The normalized spacial score (nSPS) is 10.9. The number of hydrogen-bond donors (Lipinski definition) is 0. The van der Waals surface area contributed by atoms with Crippen LogP contribution in [0.5, 0.6) is 0 Å². The largest absolute Gasteiger partial charge is 0.382 e. The molecule has 0 atom stereocenters. The molecule has 2 aromatic carbocycles. The first-order chi connectivity index (χ1) is 18.6. The summed E-state index contributed by atoms with van der Waals surface area (Å²) < 4.78 is 5.51. The molecule has 0 unspecified atom stereocenters. The first-order valence-electron chi connectivity index (χ1n) is 13.9. The molecule has 0 N–H and O–H groups in total. The predicted molar refractivity (Wildman–Crippen MR) is 156 cm³/mol. The minimum atomic E-state index is -0.108. The average Bonchev–Trinajstić information content (AvgIpc) is 3.46. The second kappa shape index (κ2) is 16.8. The quantitative estimate of drug-likeness (QED) is 0.176. The van der Waals surface area contributed by atoms with Crippen LogP contribution in [0.4, 0.5) is 0 Å². The molecule has 1 aromatic heterocycles. The van der Waals surface area contributed by atoms with Gasteiger partial charge < -0.3 is 14.5 Å². The SMILES string of the molecule is CCCCCCc1ccc(C(=O)N(CCCOCC)CC(=O)N(Cc2ccccc2)Cc2cccs2)cc1. The number of carbonyl (C=O) groups is 2. The molecule has 0 aliphatic heterocycles. The number of hydrogen-bond acceptors (Lipinski definition) is 4. The molecule has 3 rings (SSSR count). The van der Waals surface area contributed by atoms with Crippen LogP contribution >= 0.6 is 11.3 Å². The van der Waals surface area contributed by atoms with Crippen molar-refractivity contribution in [1.29, 1.82) is 0 Å². The Bertz CT molecular complexity index is 1070. The zero-order chi connectivity index (χ0) is 27.0. The molecule has 2 amide bonds. The summed E-state index contributed by atoms with van der Waals surface area (Å²) in [5.74, 6) is -0.164. The summed E-state index contributed by atoms with van der Waals surface area (Å²) >= 11 is 1.64. The maximum absolute atomic E-state index is 13.6. The van der Waals surface area contributed by atoms with E-state index in [1.54, 1.807) is 16.2 Å². The minimum absolute atomic E-state index is 0.0436. The highest BCUT2D eigenvalue weighted by Gasteiger charge is 2.23. The van der Waals surface area contributed by atoms with Gasteiger partial charge in [0, 0.05) is 36.7 Å². The van der Waals surface area contributed by atoms with Crippen LogP contribution in [0.2, 0.25) is 0 Å². The van der Waals surface area contributed by atoms with Crippen LogP contribution in [-0.2, 0) is 29.0 Å². The monoisotopic (exact) mass is 534 g/mol. The van der Waals surface area contributed by atoms with Gasteiger partial charge in [0.2, 0.25) is 5.91 Å². The third-order valence-corrected chi connectivity index (χ3v) is 7.41. The first kappa shape index (κ1) is 29.6. The molecule has 1 heterocycles. The van der Waals surface area contributed by atoms with E-state index in [1.165, 1.54) is 31.2 Å². The molecule has 0 bridgehead atoms. The number of unbranched alkanes of at least 4 members (excludes halogenated alkanes) is 3. The number of ether oxygens (including phenoxy) is 1. The zero-order valence-corrected chi connectivity index (χ0v) is 23.8. The summed E-state index contributed by atoms with van der Waals surface area (Å²) in [6.07, 6.45) is 6.60. The van der Waals surface area contributed by atoms with E-state index in [9.17, 15) is 9.59 Å². The smallest absolute Gasteiger partial charge is 0.254 e. The van der Waals surface area contributed by atoms with Crippen molar-refractivity contribution in [1.82, 2.24) is 9.80 Å². The van der Waals surface area contributed by atoms with Crippen molar-refractivity contribution in [2.45, 2.75) is 65.5 Å². The number of nitrogens with zero attached hydrogens (tertiary/aromatic N) is 2. The van der Waals surface area contributed by atoms with E-state index < -0.39 is 0 Å². The van der Waals surface area contributed by atoms with E-state index in [1.807, 2.05) is 71.8 Å². The molecule has 0 saturated heterocycles. The van der Waals surface area contributed by atoms with Gasteiger partial charge in [0.05, 0.1) is 6.54 Å². The lowest BCUT2D eigenvalue weighted by molar-refractivity contribution is -0.133. The Morgan fingerprint density at radius 3 is 2.26 bits per heavy atom. The van der Waals surface area contributed by atoms with Crippen molar-refractivity contribution >= 4 is 23.2 Å². The van der Waals surface area contributed by atoms with Crippen LogP contribution in [0.1, 0.15) is 72.3 Å². The fraction of sp³-hybridized carbons (Fsp3) is 0.438. The van der Waals surface area contributed by atoms with Gasteiger partial charge in [-0.25, -0.2) is 0 Å². The summed E-state index contributed by atoms with van der Waals surface area (Å²) in [4.78, 5) is 31.9. The number of thiophene rings is 1. The predicted octanol–water partition coefficient (Wildman–Crippen LogP) is 6.97. The molecule has 0 aliphatic rings. The van der Waals surface area contributed by atoms with Gasteiger partial charge >= 0.3 is 0 Å². The molecule has 38 heavy (non-hydrogen) atoms. The van der Waals surface area contributed by atoms with Crippen LogP contribution in [0, 0.1) is 0 Å². The van der Waals surface area contributed by atoms with Crippen LogP contribution in [-0.4, -0.2) is 47.9 Å². The lowest BCUT2D eigenvalue weighted by Gasteiger charge is -2.28. The summed E-state index contributed by atoms with van der Waals surface area (Å²) in [5.41, 5.74) is 2.95. The van der Waals surface area contributed by atoms with Gasteiger partial charge in [0.1, 0.15) is 6.54 Å². The molecule has 0 radical (unpaired) electrons. The van der Waals surface area contributed by atoms with Gasteiger partial charge in [-0.3, -0.25) is 9.59 Å². The lowest BCUT2D eigenvalue weighted by atomic mass is 10.0. The van der Waals surface area contributed by atoms with Crippen molar-refractivity contribution in [2.75, 3.05) is 26.3 Å². The molecular weight excluding hydrogens is 492 g/mol. The molecule has 0 saturated carbocycles. The van der Waals surface area contributed by atoms with Gasteiger partial charge in [0.15, 0.2) is 0 Å². The summed E-state index contributed by atoms with van der Waals surface area (Å²) in [6, 6.07) is 22.0.